The molecule has 17 heavy (non-hydrogen) atoms. The Kier molecular flexibility index (Phi) is 4.39. The number of hydrogen-bond donors (Lipinski definition) is 3. The van der Waals surface area contributed by atoms with E-state index in [0.717, 1.165) is 4.72 Å². The number of carbonyl (C=O) groups excluding carboxylic acids is 1. The van der Waals surface area contributed by atoms with E-state index in [0.29, 0.717) is 0 Å². The van der Waals surface area contributed by atoms with Crippen LogP contribution in [0, 0.1) is 0 Å². The van der Waals surface area contributed by atoms with E-state index in [-0.39, 0.29) is 0 Å². The van der Waals surface area contributed by atoms with Gasteiger partial charge in [0.2, 0.25) is 16.8 Å². The van der Waals surface area contributed by atoms with Crippen LogP contribution in [0.3, 0.4) is 0 Å². The SMILES string of the molecule is O=C(CC(O)(C(F)(F)F)C(F)(F)F)N[SH](=O)=O. The lowest BCUT2D eigenvalue weighted by Gasteiger charge is -2.31. The number of aliphatic hydroxyl groups is 1. The van der Waals surface area contributed by atoms with Crippen LogP contribution in [0.2, 0.25) is 0 Å². The van der Waals surface area contributed by atoms with E-state index in [1.165, 1.54) is 0 Å². The summed E-state index contributed by atoms with van der Waals surface area (Å²) in [7, 11) is -3.71. The predicted octanol–water partition coefficient (Wildman–Crippen LogP) is -0.125. The van der Waals surface area contributed by atoms with E-state index in [4.69, 9.17) is 5.11 Å². The summed E-state index contributed by atoms with van der Waals surface area (Å²) in [4.78, 5) is 10.5. The Labute approximate surface area is 91.5 Å². The van der Waals surface area contributed by atoms with Gasteiger partial charge in [-0.2, -0.15) is 26.3 Å². The molecular formula is C5H5F6NO4S. The molecule has 0 heterocycles. The molecule has 0 bridgehead atoms. The Bertz CT molecular complexity index is 350. The number of thiol groups is 1. The highest BCUT2D eigenvalue weighted by atomic mass is 32.2. The zero-order valence-corrected chi connectivity index (χ0v) is 8.49. The smallest absolute Gasteiger partial charge is 0.373 e. The third-order valence-corrected chi connectivity index (χ3v) is 2.00. The van der Waals surface area contributed by atoms with E-state index in [2.05, 4.69) is 0 Å². The average Bonchev–Trinajstić information content (AvgIpc) is 1.97. The third kappa shape index (κ3) is 3.73. The van der Waals surface area contributed by atoms with Crippen molar-refractivity contribution >= 4 is 16.8 Å². The van der Waals surface area contributed by atoms with Gasteiger partial charge in [-0.05, 0) is 0 Å². The summed E-state index contributed by atoms with van der Waals surface area (Å²) in [5, 5.41) is 8.46. The van der Waals surface area contributed by atoms with Crippen molar-refractivity contribution in [3.63, 3.8) is 0 Å². The van der Waals surface area contributed by atoms with Crippen molar-refractivity contribution in [2.24, 2.45) is 0 Å². The molecular weight excluding hydrogens is 284 g/mol. The second kappa shape index (κ2) is 4.68. The molecule has 0 aliphatic rings. The van der Waals surface area contributed by atoms with Crippen molar-refractivity contribution in [2.75, 3.05) is 0 Å². The van der Waals surface area contributed by atoms with Gasteiger partial charge < -0.3 is 5.11 Å². The molecule has 0 unspecified atom stereocenters. The maximum atomic E-state index is 12.0. The zero-order valence-electron chi connectivity index (χ0n) is 7.59. The molecule has 0 aromatic rings. The van der Waals surface area contributed by atoms with E-state index >= 15 is 0 Å². The topological polar surface area (TPSA) is 83.5 Å². The van der Waals surface area contributed by atoms with Crippen LogP contribution in [0.25, 0.3) is 0 Å². The minimum Gasteiger partial charge on any atom is -0.373 e. The molecule has 0 radical (unpaired) electrons. The summed E-state index contributed by atoms with van der Waals surface area (Å²) in [6.45, 7) is 0. The summed E-state index contributed by atoms with van der Waals surface area (Å²) >= 11 is 0. The molecule has 0 saturated heterocycles. The minimum atomic E-state index is -6.17. The van der Waals surface area contributed by atoms with Gasteiger partial charge in [-0.25, -0.2) is 8.42 Å². The van der Waals surface area contributed by atoms with E-state index in [1.54, 1.807) is 0 Å². The minimum absolute atomic E-state index is 0.797. The van der Waals surface area contributed by atoms with Crippen molar-refractivity contribution in [1.29, 1.82) is 0 Å². The first-order chi connectivity index (χ1) is 7.31. The second-order valence-electron chi connectivity index (χ2n) is 2.82. The molecule has 102 valence electrons. The molecule has 5 nitrogen and oxygen atoms in total. The quantitative estimate of drug-likeness (QED) is 0.499. The predicted molar refractivity (Wildman–Crippen MR) is 40.1 cm³/mol. The van der Waals surface area contributed by atoms with Gasteiger partial charge in [-0.3, -0.25) is 9.52 Å². The Morgan fingerprint density at radius 2 is 1.41 bits per heavy atom. The highest BCUT2D eigenvalue weighted by Gasteiger charge is 2.71. The van der Waals surface area contributed by atoms with Crippen molar-refractivity contribution in [2.45, 2.75) is 24.4 Å². The number of alkyl halides is 6. The van der Waals surface area contributed by atoms with E-state index in [9.17, 15) is 39.6 Å². The number of amides is 1. The number of hydrogen-bond acceptors (Lipinski definition) is 4. The molecule has 0 aromatic heterocycles. The highest BCUT2D eigenvalue weighted by Crippen LogP contribution is 2.45. The van der Waals surface area contributed by atoms with Crippen molar-refractivity contribution in [1.82, 2.24) is 4.72 Å². The van der Waals surface area contributed by atoms with Gasteiger partial charge in [-0.1, -0.05) is 0 Å². The van der Waals surface area contributed by atoms with Gasteiger partial charge in [0, 0.05) is 0 Å². The normalized spacial score (nSPS) is 13.9. The van der Waals surface area contributed by atoms with Crippen LogP contribution in [0.15, 0.2) is 0 Å². The van der Waals surface area contributed by atoms with Crippen molar-refractivity contribution in [3.8, 4) is 0 Å². The van der Waals surface area contributed by atoms with Crippen LogP contribution >= 0.6 is 0 Å². The standard InChI is InChI=1S/C5H5F6NO4S/c6-4(7,8)3(14,5(9,10)11)1-2(13)12-17(15)16/h14,17H,1H2,(H,12,13,15,16). The summed E-state index contributed by atoms with van der Waals surface area (Å²) in [5.74, 6) is -2.13. The van der Waals surface area contributed by atoms with E-state index in [1.807, 2.05) is 0 Å². The monoisotopic (exact) mass is 289 g/mol. The molecule has 0 aliphatic heterocycles. The summed E-state index contributed by atoms with van der Waals surface area (Å²) in [6, 6.07) is 0. The lowest BCUT2D eigenvalue weighted by atomic mass is 9.98. The maximum Gasteiger partial charge on any atom is 0.426 e. The van der Waals surface area contributed by atoms with Crippen molar-refractivity contribution in [3.05, 3.63) is 0 Å². The number of halogens is 6. The molecule has 0 aliphatic carbocycles. The molecule has 0 aromatic carbocycles. The van der Waals surface area contributed by atoms with Gasteiger partial charge in [-0.15, -0.1) is 0 Å². The number of nitrogens with one attached hydrogen (secondary N) is 1. The van der Waals surface area contributed by atoms with Gasteiger partial charge in [0.1, 0.15) is 0 Å². The molecule has 1 amide bonds. The highest BCUT2D eigenvalue weighted by molar-refractivity contribution is 7.71. The van der Waals surface area contributed by atoms with Crippen LogP contribution in [-0.2, 0) is 15.7 Å². The van der Waals surface area contributed by atoms with Crippen LogP contribution in [-0.4, -0.2) is 37.4 Å². The van der Waals surface area contributed by atoms with Crippen LogP contribution in [0.1, 0.15) is 6.42 Å². The zero-order chi connectivity index (χ0) is 14.1. The molecule has 0 atom stereocenters. The van der Waals surface area contributed by atoms with Gasteiger partial charge in [0.25, 0.3) is 5.60 Å². The average molecular weight is 289 g/mol. The molecule has 0 rings (SSSR count). The first kappa shape index (κ1) is 16.0. The molecule has 0 saturated carbocycles. The molecule has 2 N–H and O–H groups in total. The molecule has 0 spiro atoms. The fraction of sp³-hybridized carbons (Fsp3) is 0.800. The van der Waals surface area contributed by atoms with Crippen LogP contribution in [0.5, 0.6) is 0 Å². The van der Waals surface area contributed by atoms with Gasteiger partial charge in [0.05, 0.1) is 6.42 Å². The lowest BCUT2D eigenvalue weighted by Crippen LogP contribution is -2.58. The van der Waals surface area contributed by atoms with Gasteiger partial charge in [0.15, 0.2) is 0 Å². The summed E-state index contributed by atoms with van der Waals surface area (Å²) in [6.07, 6.45) is -14.8. The summed E-state index contributed by atoms with van der Waals surface area (Å²) < 4.78 is 92.5. The first-order valence-corrected chi connectivity index (χ1v) is 4.78. The fourth-order valence-corrected chi connectivity index (χ4v) is 1.02. The Balaban J connectivity index is 5.19. The first-order valence-electron chi connectivity index (χ1n) is 3.61. The van der Waals surface area contributed by atoms with Crippen LogP contribution < -0.4 is 4.72 Å². The maximum absolute atomic E-state index is 12.0. The fourth-order valence-electron chi connectivity index (χ4n) is 0.735. The Morgan fingerprint density at radius 3 is 1.65 bits per heavy atom. The Morgan fingerprint density at radius 1 is 1.06 bits per heavy atom. The number of rotatable bonds is 3. The van der Waals surface area contributed by atoms with Crippen LogP contribution in [0.4, 0.5) is 26.3 Å². The lowest BCUT2D eigenvalue weighted by molar-refractivity contribution is -0.367. The van der Waals surface area contributed by atoms with E-state index < -0.39 is 41.2 Å². The summed E-state index contributed by atoms with van der Waals surface area (Å²) in [5.41, 5.74) is -5.30. The largest absolute Gasteiger partial charge is 0.426 e. The molecule has 12 heteroatoms. The Hall–Kier alpha value is -1.04. The second-order valence-corrected chi connectivity index (χ2v) is 3.56. The third-order valence-electron chi connectivity index (χ3n) is 1.57. The van der Waals surface area contributed by atoms with Crippen molar-refractivity contribution < 1.29 is 44.7 Å². The molecule has 0 fully saturated rings. The van der Waals surface area contributed by atoms with Gasteiger partial charge >= 0.3 is 12.4 Å². The number of carbonyl (C=O) groups is 1.